The second kappa shape index (κ2) is 9.52. The molecule has 0 spiro atoms. The third-order valence-electron chi connectivity index (χ3n) is 8.89. The van der Waals surface area contributed by atoms with Crippen LogP contribution in [-0.2, 0) is 19.7 Å². The smallest absolute Gasteiger partial charge is 0.214 e. The molecule has 6 atom stereocenters. The van der Waals surface area contributed by atoms with Gasteiger partial charge in [-0.05, 0) is 90.4 Å². The van der Waals surface area contributed by atoms with Crippen LogP contribution in [0.1, 0.15) is 90.9 Å². The fraction of sp³-hybridized carbons (Fsp3) is 0.920. The van der Waals surface area contributed by atoms with Gasteiger partial charge >= 0.3 is 0 Å². The van der Waals surface area contributed by atoms with Crippen molar-refractivity contribution < 1.29 is 22.4 Å². The minimum absolute atomic E-state index is 0.0244. The van der Waals surface area contributed by atoms with Crippen LogP contribution in [0.3, 0.4) is 0 Å². The number of nitrogens with one attached hydrogen (secondary N) is 2. The van der Waals surface area contributed by atoms with Crippen molar-refractivity contribution in [3.05, 3.63) is 0 Å². The van der Waals surface area contributed by atoms with Crippen LogP contribution in [0.25, 0.3) is 0 Å². The van der Waals surface area contributed by atoms with Crippen LogP contribution >= 0.6 is 0 Å². The molecule has 2 N–H and O–H groups in total. The number of aliphatic imine (C=N–C) groups is 1. The number of carbonyl (C=O) groups is 1. The molecule has 5 aliphatic rings. The maximum Gasteiger partial charge on any atom is 0.214 e. The van der Waals surface area contributed by atoms with E-state index < -0.39 is 27.5 Å². The highest BCUT2D eigenvalue weighted by Crippen LogP contribution is 2.43. The van der Waals surface area contributed by atoms with E-state index in [0.29, 0.717) is 44.4 Å². The number of sulfonamides is 1. The number of hydroxylamine groups is 1. The molecule has 0 aromatic rings. The Morgan fingerprint density at radius 1 is 1.12 bits per heavy atom. The Morgan fingerprint density at radius 3 is 2.50 bits per heavy atom. The van der Waals surface area contributed by atoms with Gasteiger partial charge in [0.05, 0.1) is 11.4 Å². The van der Waals surface area contributed by atoms with E-state index in [9.17, 15) is 17.6 Å². The lowest BCUT2D eigenvalue weighted by Crippen LogP contribution is -2.50. The second-order valence-electron chi connectivity index (χ2n) is 11.9. The molecule has 5 rings (SSSR count). The van der Waals surface area contributed by atoms with Crippen LogP contribution in [0.2, 0.25) is 0 Å². The fourth-order valence-electron chi connectivity index (χ4n) is 6.54. The predicted octanol–water partition coefficient (Wildman–Crippen LogP) is 3.63. The first-order valence-corrected chi connectivity index (χ1v) is 14.8. The summed E-state index contributed by atoms with van der Waals surface area (Å²) in [5, 5.41) is -0.526. The van der Waals surface area contributed by atoms with Crippen molar-refractivity contribution in [2.45, 2.75) is 126 Å². The molecule has 3 aliphatic carbocycles. The number of ketones is 1. The molecule has 1 saturated heterocycles. The van der Waals surface area contributed by atoms with Gasteiger partial charge in [-0.2, -0.15) is 5.48 Å². The molecule has 0 radical (unpaired) electrons. The summed E-state index contributed by atoms with van der Waals surface area (Å²) < 4.78 is 42.9. The summed E-state index contributed by atoms with van der Waals surface area (Å²) in [6, 6.07) is -0.226. The standard InChI is InChI=1S/C25H40FN3O4S/c1-15-11-18(33-28-15)13-23-24(30)21-14-19(34(31,32)29-25(2)9-10-25)7-8-20(21)22(27-23)12-16-3-5-17(26)6-4-16/h15-21,23,28-29H,3-14H2,1-2H3. The molecule has 6 unspecified atom stereocenters. The summed E-state index contributed by atoms with van der Waals surface area (Å²) in [4.78, 5) is 24.3. The normalized spacial score (nSPS) is 42.2. The molecule has 0 amide bonds. The number of rotatable bonds is 7. The van der Waals surface area contributed by atoms with E-state index in [4.69, 9.17) is 9.83 Å². The van der Waals surface area contributed by atoms with Gasteiger partial charge in [0.1, 0.15) is 12.2 Å². The van der Waals surface area contributed by atoms with Gasteiger partial charge in [0, 0.05) is 35.5 Å². The van der Waals surface area contributed by atoms with Gasteiger partial charge in [-0.15, -0.1) is 0 Å². The Hall–Kier alpha value is -0.900. The van der Waals surface area contributed by atoms with E-state index in [1.807, 2.05) is 6.92 Å². The Balaban J connectivity index is 1.34. The third-order valence-corrected chi connectivity index (χ3v) is 11.0. The maximum absolute atomic E-state index is 13.7. The number of nitrogens with zero attached hydrogens (tertiary/aromatic N) is 1. The molecule has 192 valence electrons. The van der Waals surface area contributed by atoms with Crippen molar-refractivity contribution in [1.82, 2.24) is 10.2 Å². The lowest BCUT2D eigenvalue weighted by atomic mass is 9.68. The topological polar surface area (TPSA) is 96.9 Å². The second-order valence-corrected chi connectivity index (χ2v) is 13.9. The monoisotopic (exact) mass is 497 g/mol. The molecule has 9 heteroatoms. The molecule has 7 nitrogen and oxygen atoms in total. The molecular formula is C25H40FN3O4S. The third kappa shape index (κ3) is 5.42. The van der Waals surface area contributed by atoms with Crippen molar-refractivity contribution in [1.29, 1.82) is 0 Å². The fourth-order valence-corrected chi connectivity index (χ4v) is 8.51. The van der Waals surface area contributed by atoms with Crippen LogP contribution in [0, 0.1) is 17.8 Å². The van der Waals surface area contributed by atoms with E-state index in [-0.39, 0.29) is 35.3 Å². The minimum Gasteiger partial charge on any atom is -0.298 e. The summed E-state index contributed by atoms with van der Waals surface area (Å²) in [6.45, 7) is 4.00. The van der Waals surface area contributed by atoms with Gasteiger partial charge in [0.25, 0.3) is 0 Å². The molecular weight excluding hydrogens is 457 g/mol. The zero-order chi connectivity index (χ0) is 24.1. The minimum atomic E-state index is -3.47. The lowest BCUT2D eigenvalue weighted by Gasteiger charge is -2.41. The van der Waals surface area contributed by atoms with Gasteiger partial charge in [0.2, 0.25) is 10.0 Å². The van der Waals surface area contributed by atoms with Crippen LogP contribution in [0.5, 0.6) is 0 Å². The zero-order valence-electron chi connectivity index (χ0n) is 20.5. The zero-order valence-corrected chi connectivity index (χ0v) is 21.3. The first-order valence-electron chi connectivity index (χ1n) is 13.3. The van der Waals surface area contributed by atoms with E-state index in [1.165, 1.54) is 0 Å². The van der Waals surface area contributed by atoms with Gasteiger partial charge < -0.3 is 0 Å². The number of Topliss-reactive ketones (excluding diaryl/α,β-unsaturated/α-hetero) is 1. The summed E-state index contributed by atoms with van der Waals surface area (Å²) in [6.07, 6.45) is 7.74. The highest BCUT2D eigenvalue weighted by atomic mass is 32.2. The van der Waals surface area contributed by atoms with E-state index in [0.717, 1.165) is 44.2 Å². The number of hydrogen-bond acceptors (Lipinski definition) is 6. The Kier molecular flexibility index (Phi) is 6.94. The van der Waals surface area contributed by atoms with Gasteiger partial charge in [-0.25, -0.2) is 17.5 Å². The Morgan fingerprint density at radius 2 is 1.85 bits per heavy atom. The number of alkyl halides is 1. The predicted molar refractivity (Wildman–Crippen MR) is 129 cm³/mol. The van der Waals surface area contributed by atoms with Gasteiger partial charge in [0.15, 0.2) is 5.78 Å². The molecule has 0 aromatic carbocycles. The van der Waals surface area contributed by atoms with Gasteiger partial charge in [-0.3, -0.25) is 14.6 Å². The quantitative estimate of drug-likeness (QED) is 0.560. The molecule has 0 bridgehead atoms. The van der Waals surface area contributed by atoms with Crippen molar-refractivity contribution in [3.8, 4) is 0 Å². The molecule has 4 fully saturated rings. The SMILES string of the molecule is CC1CC(CC2N=C(CC3CCC(F)CC3)C3CCC(S(=O)(=O)NC4(C)CC4)CC3C2=O)ON1. The van der Waals surface area contributed by atoms with E-state index in [2.05, 4.69) is 17.1 Å². The number of halogens is 1. The number of hydrogen-bond donors (Lipinski definition) is 2. The van der Waals surface area contributed by atoms with Crippen LogP contribution < -0.4 is 10.2 Å². The number of fused-ring (bicyclic) bond motifs is 1. The van der Waals surface area contributed by atoms with E-state index >= 15 is 0 Å². The van der Waals surface area contributed by atoms with E-state index in [1.54, 1.807) is 0 Å². The van der Waals surface area contributed by atoms with Crippen LogP contribution in [0.4, 0.5) is 4.39 Å². The lowest BCUT2D eigenvalue weighted by molar-refractivity contribution is -0.127. The summed E-state index contributed by atoms with van der Waals surface area (Å²) in [5.41, 5.74) is 3.76. The molecule has 34 heavy (non-hydrogen) atoms. The van der Waals surface area contributed by atoms with Crippen molar-refractivity contribution in [3.63, 3.8) is 0 Å². The van der Waals surface area contributed by atoms with Crippen molar-refractivity contribution >= 4 is 21.5 Å². The first kappa shape index (κ1) is 24.8. The number of carbonyl (C=O) groups excluding carboxylic acids is 1. The largest absolute Gasteiger partial charge is 0.298 e. The highest BCUT2D eigenvalue weighted by Gasteiger charge is 2.49. The van der Waals surface area contributed by atoms with Gasteiger partial charge in [-0.1, -0.05) is 0 Å². The highest BCUT2D eigenvalue weighted by molar-refractivity contribution is 7.90. The van der Waals surface area contributed by atoms with Crippen LogP contribution in [0.15, 0.2) is 4.99 Å². The van der Waals surface area contributed by atoms with Crippen molar-refractivity contribution in [2.24, 2.45) is 22.7 Å². The first-order chi connectivity index (χ1) is 16.1. The molecule has 2 heterocycles. The summed E-state index contributed by atoms with van der Waals surface area (Å²) in [5.74, 6) is 0.213. The average molecular weight is 498 g/mol. The van der Waals surface area contributed by atoms with Crippen molar-refractivity contribution in [2.75, 3.05) is 0 Å². The summed E-state index contributed by atoms with van der Waals surface area (Å²) in [7, 11) is -3.47. The Bertz CT molecular complexity index is 913. The molecule has 2 aliphatic heterocycles. The summed E-state index contributed by atoms with van der Waals surface area (Å²) >= 11 is 0. The molecule has 3 saturated carbocycles. The average Bonchev–Trinajstić information content (AvgIpc) is 3.36. The maximum atomic E-state index is 13.7. The Labute approximate surface area is 203 Å². The molecule has 0 aromatic heterocycles. The van der Waals surface area contributed by atoms with Crippen LogP contribution in [-0.4, -0.2) is 55.1 Å².